The second-order valence-electron chi connectivity index (χ2n) is 5.45. The number of hydrogen-bond donors (Lipinski definition) is 2. The SMILES string of the molecule is Cc1c(Cl)cccc1Nc1nnc(SCC(=O)NCC2CC2)s1. The summed E-state index contributed by atoms with van der Waals surface area (Å²) in [5, 5.41) is 15.8. The van der Waals surface area contributed by atoms with Crippen molar-refractivity contribution in [2.24, 2.45) is 5.92 Å². The maximum Gasteiger partial charge on any atom is 0.230 e. The van der Waals surface area contributed by atoms with Crippen molar-refractivity contribution in [3.05, 3.63) is 28.8 Å². The van der Waals surface area contributed by atoms with Gasteiger partial charge in [0.25, 0.3) is 0 Å². The Morgan fingerprint density at radius 3 is 3.04 bits per heavy atom. The molecule has 0 atom stereocenters. The first-order chi connectivity index (χ1) is 11.1. The van der Waals surface area contributed by atoms with Crippen molar-refractivity contribution in [2.75, 3.05) is 17.6 Å². The van der Waals surface area contributed by atoms with Crippen molar-refractivity contribution >= 4 is 51.4 Å². The number of nitrogens with one attached hydrogen (secondary N) is 2. The molecular weight excluding hydrogens is 352 g/mol. The van der Waals surface area contributed by atoms with Crippen molar-refractivity contribution in [3.8, 4) is 0 Å². The third-order valence-corrected chi connectivity index (χ3v) is 5.91. The predicted octanol–water partition coefficient (Wildman–Crippen LogP) is 3.86. The van der Waals surface area contributed by atoms with Gasteiger partial charge in [0.05, 0.1) is 5.75 Å². The third kappa shape index (κ3) is 4.83. The summed E-state index contributed by atoms with van der Waals surface area (Å²) in [7, 11) is 0. The molecule has 1 fully saturated rings. The van der Waals surface area contributed by atoms with Crippen molar-refractivity contribution in [1.29, 1.82) is 0 Å². The van der Waals surface area contributed by atoms with E-state index in [-0.39, 0.29) is 5.91 Å². The van der Waals surface area contributed by atoms with Gasteiger partial charge in [-0.05, 0) is 43.4 Å². The Kier molecular flexibility index (Phi) is 5.40. The molecule has 5 nitrogen and oxygen atoms in total. The van der Waals surface area contributed by atoms with Crippen molar-refractivity contribution in [1.82, 2.24) is 15.5 Å². The van der Waals surface area contributed by atoms with Gasteiger partial charge >= 0.3 is 0 Å². The number of halogens is 1. The van der Waals surface area contributed by atoms with E-state index in [0.29, 0.717) is 21.8 Å². The van der Waals surface area contributed by atoms with Crippen molar-refractivity contribution < 1.29 is 4.79 Å². The molecule has 2 N–H and O–H groups in total. The highest BCUT2D eigenvalue weighted by molar-refractivity contribution is 8.01. The highest BCUT2D eigenvalue weighted by atomic mass is 35.5. The van der Waals surface area contributed by atoms with Crippen LogP contribution in [0, 0.1) is 12.8 Å². The van der Waals surface area contributed by atoms with Gasteiger partial charge in [-0.25, -0.2) is 0 Å². The predicted molar refractivity (Wildman–Crippen MR) is 95.8 cm³/mol. The van der Waals surface area contributed by atoms with E-state index in [1.54, 1.807) is 0 Å². The molecule has 1 aliphatic rings. The summed E-state index contributed by atoms with van der Waals surface area (Å²) in [5.41, 5.74) is 1.88. The topological polar surface area (TPSA) is 66.9 Å². The van der Waals surface area contributed by atoms with Gasteiger partial charge in [-0.1, -0.05) is 40.8 Å². The summed E-state index contributed by atoms with van der Waals surface area (Å²) in [6, 6.07) is 5.68. The van der Waals surface area contributed by atoms with E-state index in [9.17, 15) is 4.79 Å². The van der Waals surface area contributed by atoms with E-state index in [2.05, 4.69) is 20.8 Å². The molecule has 1 saturated carbocycles. The summed E-state index contributed by atoms with van der Waals surface area (Å²) >= 11 is 8.94. The number of carbonyl (C=O) groups is 1. The van der Waals surface area contributed by atoms with Crippen molar-refractivity contribution in [3.63, 3.8) is 0 Å². The molecule has 0 radical (unpaired) electrons. The lowest BCUT2D eigenvalue weighted by Gasteiger charge is -2.06. The number of carbonyl (C=O) groups excluding carboxylic acids is 1. The molecule has 3 rings (SSSR count). The van der Waals surface area contributed by atoms with Crippen LogP contribution in [0.3, 0.4) is 0 Å². The fourth-order valence-corrected chi connectivity index (χ4v) is 3.70. The van der Waals surface area contributed by atoms with E-state index in [4.69, 9.17) is 11.6 Å². The Morgan fingerprint density at radius 2 is 2.26 bits per heavy atom. The van der Waals surface area contributed by atoms with Crippen LogP contribution in [0.4, 0.5) is 10.8 Å². The van der Waals surface area contributed by atoms with Gasteiger partial charge in [-0.3, -0.25) is 4.79 Å². The van der Waals surface area contributed by atoms with Crippen molar-refractivity contribution in [2.45, 2.75) is 24.1 Å². The highest BCUT2D eigenvalue weighted by Gasteiger charge is 2.21. The summed E-state index contributed by atoms with van der Waals surface area (Å²) < 4.78 is 0.772. The lowest BCUT2D eigenvalue weighted by molar-refractivity contribution is -0.118. The maximum absolute atomic E-state index is 11.7. The van der Waals surface area contributed by atoms with Crippen LogP contribution in [0.2, 0.25) is 5.02 Å². The molecule has 1 aliphatic carbocycles. The Labute approximate surface area is 148 Å². The number of hydrogen-bond acceptors (Lipinski definition) is 6. The van der Waals surface area contributed by atoms with Crippen LogP contribution < -0.4 is 10.6 Å². The quantitative estimate of drug-likeness (QED) is 0.726. The Morgan fingerprint density at radius 1 is 1.43 bits per heavy atom. The number of thioether (sulfide) groups is 1. The van der Waals surface area contributed by atoms with Gasteiger partial charge in [0.1, 0.15) is 0 Å². The lowest BCUT2D eigenvalue weighted by atomic mass is 10.2. The normalized spacial score (nSPS) is 13.8. The molecule has 1 heterocycles. The number of amides is 1. The summed E-state index contributed by atoms with van der Waals surface area (Å²) in [5.74, 6) is 1.12. The molecule has 0 bridgehead atoms. The minimum absolute atomic E-state index is 0.0531. The Bertz CT molecular complexity index is 703. The molecule has 0 saturated heterocycles. The molecule has 23 heavy (non-hydrogen) atoms. The summed E-state index contributed by atoms with van der Waals surface area (Å²) in [4.78, 5) is 11.7. The van der Waals surface area contributed by atoms with E-state index in [1.165, 1.54) is 35.9 Å². The van der Waals surface area contributed by atoms with Gasteiger partial charge in [0, 0.05) is 17.3 Å². The van der Waals surface area contributed by atoms with Crippen LogP contribution >= 0.6 is 34.7 Å². The highest BCUT2D eigenvalue weighted by Crippen LogP contribution is 2.31. The number of anilines is 2. The van der Waals surface area contributed by atoms with Gasteiger partial charge < -0.3 is 10.6 Å². The molecule has 8 heteroatoms. The Balaban J connectivity index is 1.51. The van der Waals surface area contributed by atoms with E-state index in [0.717, 1.165) is 22.1 Å². The van der Waals surface area contributed by atoms with Crippen LogP contribution in [0.25, 0.3) is 0 Å². The molecule has 122 valence electrons. The Hall–Kier alpha value is -1.31. The van der Waals surface area contributed by atoms with E-state index < -0.39 is 0 Å². The minimum atomic E-state index is 0.0531. The first-order valence-corrected chi connectivity index (χ1v) is 9.55. The molecule has 0 spiro atoms. The standard InChI is InChI=1S/C15H17ClN4OS2/c1-9-11(16)3-2-4-12(9)18-14-19-20-15(23-14)22-8-13(21)17-7-10-5-6-10/h2-4,10H,5-8H2,1H3,(H,17,21)(H,18,19). The van der Waals surface area contributed by atoms with Crippen LogP contribution in [-0.2, 0) is 4.79 Å². The molecule has 1 amide bonds. The average molecular weight is 369 g/mol. The number of aromatic nitrogens is 2. The smallest absolute Gasteiger partial charge is 0.230 e. The lowest BCUT2D eigenvalue weighted by Crippen LogP contribution is -2.27. The van der Waals surface area contributed by atoms with Crippen LogP contribution in [0.1, 0.15) is 18.4 Å². The van der Waals surface area contributed by atoms with Gasteiger partial charge in [-0.15, -0.1) is 10.2 Å². The first-order valence-electron chi connectivity index (χ1n) is 7.37. The zero-order valence-electron chi connectivity index (χ0n) is 12.6. The largest absolute Gasteiger partial charge is 0.355 e. The van der Waals surface area contributed by atoms with E-state index in [1.807, 2.05) is 25.1 Å². The molecule has 0 unspecified atom stereocenters. The van der Waals surface area contributed by atoms with Crippen LogP contribution in [-0.4, -0.2) is 28.4 Å². The monoisotopic (exact) mass is 368 g/mol. The number of rotatable bonds is 7. The second kappa shape index (κ2) is 7.51. The minimum Gasteiger partial charge on any atom is -0.355 e. The zero-order chi connectivity index (χ0) is 16.2. The van der Waals surface area contributed by atoms with Gasteiger partial charge in [0.15, 0.2) is 4.34 Å². The molecule has 2 aromatic rings. The molecule has 1 aromatic heterocycles. The second-order valence-corrected chi connectivity index (χ2v) is 8.05. The third-order valence-electron chi connectivity index (χ3n) is 3.53. The van der Waals surface area contributed by atoms with Gasteiger partial charge in [0.2, 0.25) is 11.0 Å². The first kappa shape index (κ1) is 16.5. The molecule has 0 aliphatic heterocycles. The molecule has 1 aromatic carbocycles. The van der Waals surface area contributed by atoms with Gasteiger partial charge in [-0.2, -0.15) is 0 Å². The molecular formula is C15H17ClN4OS2. The zero-order valence-corrected chi connectivity index (χ0v) is 15.0. The van der Waals surface area contributed by atoms with Crippen LogP contribution in [0.5, 0.6) is 0 Å². The number of benzene rings is 1. The van der Waals surface area contributed by atoms with E-state index >= 15 is 0 Å². The summed E-state index contributed by atoms with van der Waals surface area (Å²) in [6.45, 7) is 2.75. The number of nitrogens with zero attached hydrogens (tertiary/aromatic N) is 2. The maximum atomic E-state index is 11.7. The average Bonchev–Trinajstić information content (AvgIpc) is 3.26. The fourth-order valence-electron chi connectivity index (χ4n) is 1.94. The summed E-state index contributed by atoms with van der Waals surface area (Å²) in [6.07, 6.45) is 2.48. The van der Waals surface area contributed by atoms with Crippen LogP contribution in [0.15, 0.2) is 22.5 Å². The fraction of sp³-hybridized carbons (Fsp3) is 0.400.